The molecule has 26 heavy (non-hydrogen) atoms. The van der Waals surface area contributed by atoms with E-state index in [1.165, 1.54) is 83.5 Å². The van der Waals surface area contributed by atoms with Crippen molar-refractivity contribution in [1.29, 1.82) is 0 Å². The second kappa shape index (κ2) is 15.0. The lowest BCUT2D eigenvalue weighted by atomic mass is 10.0. The van der Waals surface area contributed by atoms with Crippen LogP contribution in [0.1, 0.15) is 121 Å². The number of hydrogen-bond donors (Lipinski definition) is 2. The van der Waals surface area contributed by atoms with Crippen molar-refractivity contribution in [2.75, 3.05) is 0 Å². The highest BCUT2D eigenvalue weighted by Crippen LogP contribution is 2.13. The van der Waals surface area contributed by atoms with Crippen molar-refractivity contribution in [2.24, 2.45) is 7.05 Å². The summed E-state index contributed by atoms with van der Waals surface area (Å²) in [6.45, 7) is 4.07. The van der Waals surface area contributed by atoms with Gasteiger partial charge < -0.3 is 5.11 Å². The number of aliphatic hydroxyl groups excluding tert-OH is 1. The van der Waals surface area contributed by atoms with Gasteiger partial charge in [0.25, 0.3) is 5.82 Å². The number of H-pyrrole nitrogens is 1. The van der Waals surface area contributed by atoms with Gasteiger partial charge in [0.05, 0.1) is 7.05 Å². The van der Waals surface area contributed by atoms with Crippen LogP contribution in [0.15, 0.2) is 12.3 Å². The molecule has 0 fully saturated rings. The van der Waals surface area contributed by atoms with Gasteiger partial charge in [-0.05, 0) is 19.8 Å². The first-order valence-corrected chi connectivity index (χ1v) is 11.1. The van der Waals surface area contributed by atoms with Crippen molar-refractivity contribution in [1.82, 2.24) is 4.98 Å². The minimum absolute atomic E-state index is 0.440. The average Bonchev–Trinajstić information content (AvgIpc) is 2.99. The van der Waals surface area contributed by atoms with E-state index < -0.39 is 6.10 Å². The second-order valence-corrected chi connectivity index (χ2v) is 7.82. The number of imidazole rings is 1. The molecule has 0 aromatic carbocycles. The molecule has 1 atom stereocenters. The summed E-state index contributed by atoms with van der Waals surface area (Å²) in [6.07, 6.45) is 25.3. The number of aliphatic hydroxyl groups is 1. The normalized spacial score (nSPS) is 12.9. The summed E-state index contributed by atoms with van der Waals surface area (Å²) in [5.41, 5.74) is 0.869. The standard InChI is InChI=1S/C23H42N2O/c1-4-5-6-7-8-9-10-11-12-13-14-15-16-17-18-19-23-24-22(21(2)26)20-25(23)3/h18-21,26H,4-17H2,1-3H3/p+1. The van der Waals surface area contributed by atoms with Crippen LogP contribution in [-0.2, 0) is 7.05 Å². The Hall–Kier alpha value is -1.09. The van der Waals surface area contributed by atoms with Crippen LogP contribution in [0.4, 0.5) is 0 Å². The quantitative estimate of drug-likeness (QED) is 0.259. The number of nitrogens with one attached hydrogen (secondary N) is 1. The van der Waals surface area contributed by atoms with E-state index in [2.05, 4.69) is 24.1 Å². The zero-order valence-corrected chi connectivity index (χ0v) is 17.6. The van der Waals surface area contributed by atoms with Crippen molar-refractivity contribution in [3.63, 3.8) is 0 Å². The van der Waals surface area contributed by atoms with Gasteiger partial charge in [-0.15, -0.1) is 0 Å². The molecule has 0 radical (unpaired) electrons. The van der Waals surface area contributed by atoms with Gasteiger partial charge in [-0.2, -0.15) is 0 Å². The first-order chi connectivity index (χ1) is 12.6. The van der Waals surface area contributed by atoms with Crippen LogP contribution in [0.5, 0.6) is 0 Å². The minimum Gasteiger partial charge on any atom is -0.385 e. The molecule has 0 saturated heterocycles. The SMILES string of the molecule is CCCCCCCCCCCCCCCC=Cc1[nH]c(C(C)O)c[n+]1C. The highest BCUT2D eigenvalue weighted by Gasteiger charge is 2.13. The number of aromatic nitrogens is 2. The Bertz CT molecular complexity index is 477. The number of aromatic amines is 1. The van der Waals surface area contributed by atoms with Crippen LogP contribution in [0.25, 0.3) is 6.08 Å². The van der Waals surface area contributed by atoms with Gasteiger partial charge in [0.1, 0.15) is 12.3 Å². The third kappa shape index (κ3) is 10.8. The Morgan fingerprint density at radius 3 is 1.88 bits per heavy atom. The number of allylic oxidation sites excluding steroid dienone is 1. The molecule has 0 spiro atoms. The highest BCUT2D eigenvalue weighted by molar-refractivity contribution is 5.36. The van der Waals surface area contributed by atoms with Crippen LogP contribution in [0, 0.1) is 0 Å². The van der Waals surface area contributed by atoms with Crippen LogP contribution < -0.4 is 4.57 Å². The lowest BCUT2D eigenvalue weighted by Crippen LogP contribution is -2.28. The number of hydrogen-bond acceptors (Lipinski definition) is 1. The minimum atomic E-state index is -0.440. The molecule has 0 bridgehead atoms. The van der Waals surface area contributed by atoms with Gasteiger partial charge in [-0.1, -0.05) is 90.0 Å². The lowest BCUT2D eigenvalue weighted by Gasteiger charge is -2.02. The van der Waals surface area contributed by atoms with Crippen LogP contribution in [-0.4, -0.2) is 10.1 Å². The number of aryl methyl sites for hydroxylation is 1. The lowest BCUT2D eigenvalue weighted by molar-refractivity contribution is -0.672. The second-order valence-electron chi connectivity index (χ2n) is 7.82. The van der Waals surface area contributed by atoms with Crippen molar-refractivity contribution in [3.8, 4) is 0 Å². The third-order valence-corrected chi connectivity index (χ3v) is 5.19. The smallest absolute Gasteiger partial charge is 0.278 e. The zero-order chi connectivity index (χ0) is 19.0. The largest absolute Gasteiger partial charge is 0.385 e. The number of rotatable bonds is 16. The van der Waals surface area contributed by atoms with Crippen molar-refractivity contribution in [3.05, 3.63) is 23.8 Å². The van der Waals surface area contributed by atoms with Gasteiger partial charge in [0, 0.05) is 6.08 Å². The molecule has 2 N–H and O–H groups in total. The van der Waals surface area contributed by atoms with Gasteiger partial charge >= 0.3 is 0 Å². The molecule has 3 heteroatoms. The third-order valence-electron chi connectivity index (χ3n) is 5.19. The van der Waals surface area contributed by atoms with E-state index in [4.69, 9.17) is 0 Å². The molecule has 1 heterocycles. The van der Waals surface area contributed by atoms with Crippen LogP contribution in [0.3, 0.4) is 0 Å². The van der Waals surface area contributed by atoms with Crippen molar-refractivity contribution < 1.29 is 9.67 Å². The van der Waals surface area contributed by atoms with E-state index in [1.54, 1.807) is 6.92 Å². The van der Waals surface area contributed by atoms with Gasteiger partial charge in [-0.25, -0.2) is 9.55 Å². The van der Waals surface area contributed by atoms with Crippen molar-refractivity contribution >= 4 is 6.08 Å². The van der Waals surface area contributed by atoms with Gasteiger partial charge in [0.15, 0.2) is 5.69 Å². The van der Waals surface area contributed by atoms with E-state index in [1.807, 2.05) is 17.8 Å². The fourth-order valence-corrected chi connectivity index (χ4v) is 3.39. The Labute approximate surface area is 161 Å². The molecular weight excluding hydrogens is 320 g/mol. The van der Waals surface area contributed by atoms with Crippen LogP contribution in [0.2, 0.25) is 0 Å². The summed E-state index contributed by atoms with van der Waals surface area (Å²) in [5.74, 6) is 1.05. The summed E-state index contributed by atoms with van der Waals surface area (Å²) < 4.78 is 2.03. The maximum atomic E-state index is 9.60. The Morgan fingerprint density at radius 2 is 1.42 bits per heavy atom. The molecule has 0 amide bonds. The fraction of sp³-hybridized carbons (Fsp3) is 0.783. The molecule has 0 saturated carbocycles. The molecule has 3 nitrogen and oxygen atoms in total. The molecule has 1 aromatic rings. The summed E-state index contributed by atoms with van der Waals surface area (Å²) in [4.78, 5) is 3.26. The molecule has 1 unspecified atom stereocenters. The zero-order valence-electron chi connectivity index (χ0n) is 17.6. The number of unbranched alkanes of at least 4 members (excludes halogenated alkanes) is 13. The summed E-state index contributed by atoms with van der Waals surface area (Å²) in [5, 5.41) is 9.60. The van der Waals surface area contributed by atoms with E-state index >= 15 is 0 Å². The fourth-order valence-electron chi connectivity index (χ4n) is 3.39. The summed E-state index contributed by atoms with van der Waals surface area (Å²) >= 11 is 0. The predicted molar refractivity (Wildman–Crippen MR) is 112 cm³/mol. The Kier molecular flexibility index (Phi) is 13.3. The molecule has 150 valence electrons. The maximum Gasteiger partial charge on any atom is 0.278 e. The van der Waals surface area contributed by atoms with Crippen LogP contribution >= 0.6 is 0 Å². The predicted octanol–water partition coefficient (Wildman–Crippen LogP) is 6.39. The average molecular weight is 364 g/mol. The monoisotopic (exact) mass is 363 g/mol. The Morgan fingerprint density at radius 1 is 0.923 bits per heavy atom. The van der Waals surface area contributed by atoms with Gasteiger partial charge in [-0.3, -0.25) is 0 Å². The molecule has 0 aliphatic heterocycles. The van der Waals surface area contributed by atoms with E-state index in [-0.39, 0.29) is 0 Å². The van der Waals surface area contributed by atoms with E-state index in [0.717, 1.165) is 17.9 Å². The molecular formula is C23H43N2O+. The molecule has 1 aromatic heterocycles. The topological polar surface area (TPSA) is 39.9 Å². The van der Waals surface area contributed by atoms with Crippen molar-refractivity contribution in [2.45, 2.75) is 110 Å². The summed E-state index contributed by atoms with van der Waals surface area (Å²) in [6, 6.07) is 0. The first kappa shape index (κ1) is 23.0. The van der Waals surface area contributed by atoms with E-state index in [0.29, 0.717) is 0 Å². The van der Waals surface area contributed by atoms with Gasteiger partial charge in [0.2, 0.25) is 0 Å². The number of nitrogens with zero attached hydrogens (tertiary/aromatic N) is 1. The molecule has 1 rings (SSSR count). The summed E-state index contributed by atoms with van der Waals surface area (Å²) in [7, 11) is 2.01. The van der Waals surface area contributed by atoms with E-state index in [9.17, 15) is 5.11 Å². The first-order valence-electron chi connectivity index (χ1n) is 11.1. The highest BCUT2D eigenvalue weighted by atomic mass is 16.3. The molecule has 0 aliphatic carbocycles. The maximum absolute atomic E-state index is 9.60. The Balaban J connectivity index is 1.92. The molecule has 0 aliphatic rings.